The van der Waals surface area contributed by atoms with Crippen LogP contribution >= 0.6 is 0 Å². The van der Waals surface area contributed by atoms with Crippen LogP contribution in [-0.4, -0.2) is 23.9 Å². The molecule has 1 fully saturated rings. The summed E-state index contributed by atoms with van der Waals surface area (Å²) < 4.78 is 0. The van der Waals surface area contributed by atoms with Gasteiger partial charge in [0.25, 0.3) is 0 Å². The maximum absolute atomic E-state index is 11.9. The van der Waals surface area contributed by atoms with E-state index in [1.807, 2.05) is 0 Å². The van der Waals surface area contributed by atoms with Crippen LogP contribution in [0.25, 0.3) is 0 Å². The molecular formula is C25H49NO. The molecule has 1 rings (SSSR count). The fourth-order valence-electron chi connectivity index (χ4n) is 4.22. The van der Waals surface area contributed by atoms with Crippen molar-refractivity contribution in [2.45, 2.75) is 136 Å². The smallest absolute Gasteiger partial charge is 0.222 e. The van der Waals surface area contributed by atoms with E-state index >= 15 is 0 Å². The van der Waals surface area contributed by atoms with Gasteiger partial charge in [-0.15, -0.1) is 0 Å². The molecule has 160 valence electrons. The van der Waals surface area contributed by atoms with Crippen LogP contribution in [0.15, 0.2) is 0 Å². The molecule has 2 nitrogen and oxygen atoms in total. The van der Waals surface area contributed by atoms with Crippen molar-refractivity contribution >= 4 is 5.91 Å². The van der Waals surface area contributed by atoms with Crippen LogP contribution in [0.3, 0.4) is 0 Å². The second kappa shape index (κ2) is 17.6. The minimum Gasteiger partial charge on any atom is -0.343 e. The summed E-state index contributed by atoms with van der Waals surface area (Å²) in [6.45, 7) is 6.72. The average molecular weight is 380 g/mol. The quantitative estimate of drug-likeness (QED) is 0.222. The zero-order chi connectivity index (χ0) is 19.6. The molecule has 0 aromatic rings. The summed E-state index contributed by atoms with van der Waals surface area (Å²) >= 11 is 0. The minimum absolute atomic E-state index is 0.406. The number of rotatable bonds is 18. The third kappa shape index (κ3) is 14.2. The number of hydrogen-bond acceptors (Lipinski definition) is 1. The lowest BCUT2D eigenvalue weighted by Crippen LogP contribution is -2.27. The van der Waals surface area contributed by atoms with Gasteiger partial charge < -0.3 is 4.90 Å². The van der Waals surface area contributed by atoms with E-state index in [2.05, 4.69) is 18.7 Å². The van der Waals surface area contributed by atoms with Crippen molar-refractivity contribution in [2.75, 3.05) is 13.1 Å². The molecule has 1 amide bonds. The van der Waals surface area contributed by atoms with Gasteiger partial charge in [0.15, 0.2) is 0 Å². The Hall–Kier alpha value is -0.530. The monoisotopic (exact) mass is 379 g/mol. The number of carbonyl (C=O) groups is 1. The van der Waals surface area contributed by atoms with Crippen LogP contribution in [0, 0.1) is 5.92 Å². The maximum Gasteiger partial charge on any atom is 0.222 e. The Morgan fingerprint density at radius 3 is 1.56 bits per heavy atom. The Bertz CT molecular complexity index is 335. The molecule has 1 aliphatic rings. The van der Waals surface area contributed by atoms with Gasteiger partial charge in [0.2, 0.25) is 5.91 Å². The first kappa shape index (κ1) is 24.5. The first-order valence-corrected chi connectivity index (χ1v) is 12.5. The molecule has 0 radical (unpaired) electrons. The zero-order valence-corrected chi connectivity index (χ0v) is 18.8. The lowest BCUT2D eigenvalue weighted by atomic mass is 9.99. The van der Waals surface area contributed by atoms with Gasteiger partial charge >= 0.3 is 0 Å². The third-order valence-corrected chi connectivity index (χ3v) is 6.49. The molecule has 1 aliphatic heterocycles. The Labute approximate surface area is 170 Å². The number of hydrogen-bond donors (Lipinski definition) is 0. The Kier molecular flexibility index (Phi) is 15.9. The first-order chi connectivity index (χ1) is 13.2. The van der Waals surface area contributed by atoms with Gasteiger partial charge in [-0.3, -0.25) is 4.79 Å². The van der Waals surface area contributed by atoms with Gasteiger partial charge in [0.05, 0.1) is 0 Å². The van der Waals surface area contributed by atoms with Gasteiger partial charge in [-0.2, -0.15) is 0 Å². The second-order valence-corrected chi connectivity index (χ2v) is 9.09. The van der Waals surface area contributed by atoms with E-state index in [0.717, 1.165) is 31.8 Å². The summed E-state index contributed by atoms with van der Waals surface area (Å²) in [7, 11) is 0. The van der Waals surface area contributed by atoms with E-state index in [0.29, 0.717) is 5.91 Å². The number of likely N-dealkylation sites (tertiary alicyclic amines) is 1. The van der Waals surface area contributed by atoms with E-state index in [1.165, 1.54) is 109 Å². The first-order valence-electron chi connectivity index (χ1n) is 12.5. The van der Waals surface area contributed by atoms with Crippen LogP contribution in [-0.2, 0) is 4.79 Å². The van der Waals surface area contributed by atoms with Crippen molar-refractivity contribution < 1.29 is 4.79 Å². The molecule has 1 saturated heterocycles. The van der Waals surface area contributed by atoms with Gasteiger partial charge in [-0.05, 0) is 25.2 Å². The minimum atomic E-state index is 0.406. The molecule has 0 bridgehead atoms. The van der Waals surface area contributed by atoms with Crippen molar-refractivity contribution in [2.24, 2.45) is 5.92 Å². The number of carbonyl (C=O) groups excluding carboxylic acids is 1. The van der Waals surface area contributed by atoms with Crippen molar-refractivity contribution in [3.63, 3.8) is 0 Å². The Morgan fingerprint density at radius 1 is 0.704 bits per heavy atom. The molecule has 1 atom stereocenters. The molecule has 0 aromatic carbocycles. The molecule has 2 heteroatoms. The highest BCUT2D eigenvalue weighted by atomic mass is 16.2. The van der Waals surface area contributed by atoms with Crippen LogP contribution in [0.1, 0.15) is 136 Å². The summed E-state index contributed by atoms with van der Waals surface area (Å²) in [4.78, 5) is 14.0. The molecule has 0 aromatic heterocycles. The zero-order valence-electron chi connectivity index (χ0n) is 18.8. The normalized spacial score (nSPS) is 15.4. The van der Waals surface area contributed by atoms with E-state index in [4.69, 9.17) is 0 Å². The van der Waals surface area contributed by atoms with Crippen molar-refractivity contribution in [3.05, 3.63) is 0 Å². The summed E-state index contributed by atoms with van der Waals surface area (Å²) in [5.41, 5.74) is 0. The van der Waals surface area contributed by atoms with Crippen molar-refractivity contribution in [1.82, 2.24) is 4.90 Å². The second-order valence-electron chi connectivity index (χ2n) is 9.09. The predicted molar refractivity (Wildman–Crippen MR) is 119 cm³/mol. The largest absolute Gasteiger partial charge is 0.343 e. The van der Waals surface area contributed by atoms with Gasteiger partial charge in [-0.1, -0.05) is 110 Å². The summed E-state index contributed by atoms with van der Waals surface area (Å²) in [5.74, 6) is 1.34. The van der Waals surface area contributed by atoms with Gasteiger partial charge in [-0.25, -0.2) is 0 Å². The molecule has 27 heavy (non-hydrogen) atoms. The summed E-state index contributed by atoms with van der Waals surface area (Å²) in [5, 5.41) is 0. The number of nitrogens with zero attached hydrogens (tertiary/aromatic N) is 1. The Balaban J connectivity index is 1.70. The lowest BCUT2D eigenvalue weighted by Gasteiger charge is -2.14. The molecule has 0 N–H and O–H groups in total. The van der Waals surface area contributed by atoms with Crippen LogP contribution in [0.4, 0.5) is 0 Å². The molecule has 0 aliphatic carbocycles. The predicted octanol–water partition coefficient (Wildman–Crippen LogP) is 7.90. The number of amides is 1. The average Bonchev–Trinajstić information content (AvgIpc) is 3.22. The van der Waals surface area contributed by atoms with Crippen LogP contribution in [0.2, 0.25) is 0 Å². The van der Waals surface area contributed by atoms with E-state index in [-0.39, 0.29) is 0 Å². The molecule has 1 heterocycles. The molecular weight excluding hydrogens is 330 g/mol. The lowest BCUT2D eigenvalue weighted by molar-refractivity contribution is -0.130. The maximum atomic E-state index is 11.9. The fraction of sp³-hybridized carbons (Fsp3) is 0.960. The molecule has 0 spiro atoms. The fourth-order valence-corrected chi connectivity index (χ4v) is 4.22. The summed E-state index contributed by atoms with van der Waals surface area (Å²) in [6, 6.07) is 0. The molecule has 1 unspecified atom stereocenters. The SMILES string of the molecule is CCC(C)CCCCCCCCCCCCCCCCC(=O)N1CCCC1. The van der Waals surface area contributed by atoms with Crippen molar-refractivity contribution in [3.8, 4) is 0 Å². The van der Waals surface area contributed by atoms with Gasteiger partial charge in [0.1, 0.15) is 0 Å². The van der Waals surface area contributed by atoms with Gasteiger partial charge in [0, 0.05) is 19.5 Å². The van der Waals surface area contributed by atoms with Crippen molar-refractivity contribution in [1.29, 1.82) is 0 Å². The standard InChI is InChI=1S/C25H49NO/c1-3-24(2)20-16-14-12-10-8-6-4-5-7-9-11-13-15-17-21-25(27)26-22-18-19-23-26/h24H,3-23H2,1-2H3. The topological polar surface area (TPSA) is 20.3 Å². The molecule has 0 saturated carbocycles. The summed E-state index contributed by atoms with van der Waals surface area (Å²) in [6.07, 6.45) is 25.4. The van der Waals surface area contributed by atoms with Crippen LogP contribution < -0.4 is 0 Å². The van der Waals surface area contributed by atoms with Crippen LogP contribution in [0.5, 0.6) is 0 Å². The highest BCUT2D eigenvalue weighted by molar-refractivity contribution is 5.76. The van der Waals surface area contributed by atoms with E-state index in [9.17, 15) is 4.79 Å². The Morgan fingerprint density at radius 2 is 1.11 bits per heavy atom. The number of unbranched alkanes of at least 4 members (excludes halogenated alkanes) is 13. The van der Waals surface area contributed by atoms with E-state index < -0.39 is 0 Å². The highest BCUT2D eigenvalue weighted by Gasteiger charge is 2.16. The third-order valence-electron chi connectivity index (χ3n) is 6.49. The van der Waals surface area contributed by atoms with E-state index in [1.54, 1.807) is 0 Å². The highest BCUT2D eigenvalue weighted by Crippen LogP contribution is 2.16.